The zero-order valence-electron chi connectivity index (χ0n) is 13.6. The van der Waals surface area contributed by atoms with Crippen LogP contribution in [0.2, 0.25) is 5.02 Å². The van der Waals surface area contributed by atoms with Crippen molar-refractivity contribution in [2.75, 3.05) is 5.32 Å². The van der Waals surface area contributed by atoms with Crippen molar-refractivity contribution in [2.24, 2.45) is 0 Å². The lowest BCUT2D eigenvalue weighted by atomic mass is 10.3. The normalized spacial score (nSPS) is 12.0. The van der Waals surface area contributed by atoms with Crippen LogP contribution < -0.4 is 5.32 Å². The number of anilines is 1. The number of halogens is 4. The summed E-state index contributed by atoms with van der Waals surface area (Å²) in [6, 6.07) is 5.35. The molecule has 0 saturated heterocycles. The fourth-order valence-corrected chi connectivity index (χ4v) is 4.30. The number of pyridine rings is 1. The van der Waals surface area contributed by atoms with Crippen molar-refractivity contribution in [1.29, 1.82) is 0 Å². The van der Waals surface area contributed by atoms with Crippen molar-refractivity contribution in [1.82, 2.24) is 9.97 Å². The summed E-state index contributed by atoms with van der Waals surface area (Å²) in [5.74, 6) is -0.711. The average molecular weight is 448 g/mol. The zero-order valence-corrected chi connectivity index (χ0v) is 16.0. The lowest BCUT2D eigenvalue weighted by molar-refractivity contribution is -0.143. The van der Waals surface area contributed by atoms with E-state index >= 15 is 0 Å². The second-order valence-corrected chi connectivity index (χ2v) is 8.43. The Morgan fingerprint density at radius 3 is 2.39 bits per heavy atom. The Kier molecular flexibility index (Phi) is 5.41. The van der Waals surface area contributed by atoms with Crippen LogP contribution in [0.1, 0.15) is 16.2 Å². The lowest BCUT2D eigenvalue weighted by Crippen LogP contribution is -2.18. The Bertz CT molecular complexity index is 1120. The molecule has 0 saturated carbocycles. The third-order valence-corrected chi connectivity index (χ3v) is 6.08. The molecule has 6 nitrogen and oxygen atoms in total. The second-order valence-electron chi connectivity index (χ2n) is 5.35. The van der Waals surface area contributed by atoms with Gasteiger partial charge in [0.1, 0.15) is 10.6 Å². The van der Waals surface area contributed by atoms with E-state index in [1.54, 1.807) is 0 Å². The Hall–Kier alpha value is -2.50. The number of hydrogen-bond donors (Lipinski definition) is 1. The number of alkyl halides is 3. The molecular formula is C16H9ClF3N3O3S2. The van der Waals surface area contributed by atoms with Crippen LogP contribution in [0.3, 0.4) is 0 Å². The largest absolute Gasteiger partial charge is 0.434 e. The summed E-state index contributed by atoms with van der Waals surface area (Å²) < 4.78 is 65.5. The molecule has 0 aliphatic rings. The second kappa shape index (κ2) is 7.49. The summed E-state index contributed by atoms with van der Waals surface area (Å²) in [5.41, 5.74) is -0.379. The van der Waals surface area contributed by atoms with Crippen LogP contribution in [0.4, 0.5) is 18.9 Å². The molecule has 0 aliphatic heterocycles. The number of nitrogens with zero attached hydrogens (tertiary/aromatic N) is 2. The van der Waals surface area contributed by atoms with E-state index in [9.17, 15) is 26.4 Å². The molecule has 2 aromatic heterocycles. The van der Waals surface area contributed by atoms with Crippen molar-refractivity contribution >= 4 is 44.4 Å². The molecule has 1 N–H and O–H groups in total. The molecule has 0 radical (unpaired) electrons. The van der Waals surface area contributed by atoms with Gasteiger partial charge in [-0.2, -0.15) is 13.2 Å². The summed E-state index contributed by atoms with van der Waals surface area (Å²) in [5, 5.41) is 3.93. The van der Waals surface area contributed by atoms with Gasteiger partial charge < -0.3 is 5.32 Å². The fraction of sp³-hybridized carbons (Fsp3) is 0.0625. The summed E-state index contributed by atoms with van der Waals surface area (Å²) in [7, 11) is -4.59. The maximum atomic E-state index is 13.3. The Morgan fingerprint density at radius 2 is 1.82 bits per heavy atom. The quantitative estimate of drug-likeness (QED) is 0.644. The van der Waals surface area contributed by atoms with E-state index in [0.717, 1.165) is 29.7 Å². The number of benzene rings is 1. The SMILES string of the molecule is O=C(Nc1cnc(C(F)(F)F)c(S(=O)(=O)c2ccc(Cl)cc2)c1)c1cscn1. The molecule has 0 fully saturated rings. The first kappa shape index (κ1) is 20.2. The van der Waals surface area contributed by atoms with E-state index in [-0.39, 0.29) is 16.4 Å². The van der Waals surface area contributed by atoms with Gasteiger partial charge in [0.25, 0.3) is 5.91 Å². The van der Waals surface area contributed by atoms with Gasteiger partial charge in [-0.1, -0.05) is 11.6 Å². The number of thiazole rings is 1. The zero-order chi connectivity index (χ0) is 20.5. The molecule has 1 amide bonds. The van der Waals surface area contributed by atoms with Gasteiger partial charge in [-0.25, -0.2) is 18.4 Å². The molecule has 28 heavy (non-hydrogen) atoms. The third kappa shape index (κ3) is 4.16. The minimum atomic E-state index is -5.02. The first-order valence-corrected chi connectivity index (χ1v) is 10.2. The van der Waals surface area contributed by atoms with Gasteiger partial charge in [-0.15, -0.1) is 11.3 Å². The van der Waals surface area contributed by atoms with E-state index in [1.807, 2.05) is 0 Å². The Morgan fingerprint density at radius 1 is 1.14 bits per heavy atom. The van der Waals surface area contributed by atoms with E-state index in [4.69, 9.17) is 11.6 Å². The number of nitrogens with one attached hydrogen (secondary N) is 1. The minimum Gasteiger partial charge on any atom is -0.319 e. The van der Waals surface area contributed by atoms with Gasteiger partial charge in [0, 0.05) is 10.4 Å². The van der Waals surface area contributed by atoms with Crippen LogP contribution in [0, 0.1) is 0 Å². The van der Waals surface area contributed by atoms with Crippen molar-refractivity contribution in [3.63, 3.8) is 0 Å². The molecule has 1 aromatic carbocycles. The molecule has 12 heteroatoms. The number of aromatic nitrogens is 2. The molecule has 146 valence electrons. The minimum absolute atomic E-state index is 0.0343. The number of carbonyl (C=O) groups excluding carboxylic acids is 1. The molecule has 0 spiro atoms. The highest BCUT2D eigenvalue weighted by molar-refractivity contribution is 7.91. The summed E-state index contributed by atoms with van der Waals surface area (Å²) >= 11 is 6.85. The number of hydrogen-bond acceptors (Lipinski definition) is 6. The Balaban J connectivity index is 2.09. The number of carbonyl (C=O) groups is 1. The van der Waals surface area contributed by atoms with Gasteiger partial charge in [0.15, 0.2) is 5.69 Å². The molecule has 3 aromatic rings. The molecule has 3 rings (SSSR count). The maximum Gasteiger partial charge on any atom is 0.434 e. The van der Waals surface area contributed by atoms with Crippen LogP contribution in [0.25, 0.3) is 0 Å². The van der Waals surface area contributed by atoms with E-state index < -0.39 is 37.4 Å². The van der Waals surface area contributed by atoms with Crippen molar-refractivity contribution in [2.45, 2.75) is 16.0 Å². The smallest absolute Gasteiger partial charge is 0.319 e. The highest BCUT2D eigenvalue weighted by atomic mass is 35.5. The van der Waals surface area contributed by atoms with Gasteiger partial charge in [0.05, 0.1) is 22.3 Å². The predicted molar refractivity (Wildman–Crippen MR) is 96.2 cm³/mol. The van der Waals surface area contributed by atoms with Gasteiger partial charge in [-0.3, -0.25) is 4.79 Å². The first-order chi connectivity index (χ1) is 13.1. The highest BCUT2D eigenvalue weighted by Crippen LogP contribution is 2.36. The first-order valence-electron chi connectivity index (χ1n) is 7.36. The molecule has 0 unspecified atom stereocenters. The number of rotatable bonds is 4. The maximum absolute atomic E-state index is 13.3. The molecular weight excluding hydrogens is 439 g/mol. The van der Waals surface area contributed by atoms with Crippen molar-refractivity contribution < 1.29 is 26.4 Å². The van der Waals surface area contributed by atoms with Crippen LogP contribution in [0.5, 0.6) is 0 Å². The molecule has 0 atom stereocenters. The van der Waals surface area contributed by atoms with Crippen LogP contribution in [-0.2, 0) is 16.0 Å². The standard InChI is InChI=1S/C16H9ClF3N3O3S2/c17-9-1-3-11(4-2-9)28(25,26)13-5-10(6-21-14(13)16(18,19)20)23-15(24)12-7-27-8-22-12/h1-8H,(H,23,24). The van der Waals surface area contributed by atoms with Crippen LogP contribution >= 0.6 is 22.9 Å². The van der Waals surface area contributed by atoms with Gasteiger partial charge in [0.2, 0.25) is 9.84 Å². The monoisotopic (exact) mass is 447 g/mol. The molecule has 0 aliphatic carbocycles. The summed E-state index contributed by atoms with van der Waals surface area (Å²) in [6.07, 6.45) is -4.29. The van der Waals surface area contributed by atoms with Crippen molar-refractivity contribution in [3.05, 3.63) is 63.8 Å². The predicted octanol–water partition coefficient (Wildman–Crippen LogP) is 4.30. The summed E-state index contributed by atoms with van der Waals surface area (Å²) in [4.78, 5) is 17.6. The molecule has 2 heterocycles. The molecule has 0 bridgehead atoms. The van der Waals surface area contributed by atoms with E-state index in [2.05, 4.69) is 15.3 Å². The Labute approximate surface area is 165 Å². The van der Waals surface area contributed by atoms with Crippen LogP contribution in [0.15, 0.2) is 57.2 Å². The third-order valence-electron chi connectivity index (χ3n) is 3.46. The van der Waals surface area contributed by atoms with Crippen molar-refractivity contribution in [3.8, 4) is 0 Å². The van der Waals surface area contributed by atoms with E-state index in [1.165, 1.54) is 23.0 Å². The van der Waals surface area contributed by atoms with Crippen LogP contribution in [-0.4, -0.2) is 24.3 Å². The van der Waals surface area contributed by atoms with Gasteiger partial charge in [-0.05, 0) is 30.3 Å². The summed E-state index contributed by atoms with van der Waals surface area (Å²) in [6.45, 7) is 0. The van der Waals surface area contributed by atoms with Gasteiger partial charge >= 0.3 is 6.18 Å². The highest BCUT2D eigenvalue weighted by Gasteiger charge is 2.40. The lowest BCUT2D eigenvalue weighted by Gasteiger charge is -2.14. The number of amides is 1. The number of sulfone groups is 1. The average Bonchev–Trinajstić information content (AvgIpc) is 3.16. The topological polar surface area (TPSA) is 89.0 Å². The fourth-order valence-electron chi connectivity index (χ4n) is 2.19. The van der Waals surface area contributed by atoms with E-state index in [0.29, 0.717) is 6.07 Å².